The molecule has 0 aliphatic heterocycles. The lowest BCUT2D eigenvalue weighted by atomic mass is 9.98. The van der Waals surface area contributed by atoms with Crippen LogP contribution in [0.1, 0.15) is 43.9 Å². The molecule has 2 nitrogen and oxygen atoms in total. The SMILES string of the molecule is CCC(CC)c1ccc(CO)cn1. The normalized spacial score (nSPS) is 10.8. The topological polar surface area (TPSA) is 33.1 Å². The van der Waals surface area contributed by atoms with Crippen molar-refractivity contribution in [3.63, 3.8) is 0 Å². The summed E-state index contributed by atoms with van der Waals surface area (Å²) in [6.45, 7) is 4.43. The zero-order valence-electron chi connectivity index (χ0n) is 8.33. The van der Waals surface area contributed by atoms with E-state index in [1.165, 1.54) is 0 Å². The molecule has 0 fully saturated rings. The number of aliphatic hydroxyl groups is 1. The molecule has 0 aliphatic rings. The van der Waals surface area contributed by atoms with Crippen molar-refractivity contribution in [1.82, 2.24) is 4.98 Å². The van der Waals surface area contributed by atoms with Crippen LogP contribution in [0.4, 0.5) is 0 Å². The fraction of sp³-hybridized carbons (Fsp3) is 0.545. The highest BCUT2D eigenvalue weighted by Gasteiger charge is 2.07. The van der Waals surface area contributed by atoms with Gasteiger partial charge in [-0.15, -0.1) is 0 Å². The van der Waals surface area contributed by atoms with E-state index >= 15 is 0 Å². The Hall–Kier alpha value is -0.890. The van der Waals surface area contributed by atoms with Gasteiger partial charge in [-0.3, -0.25) is 4.98 Å². The van der Waals surface area contributed by atoms with E-state index in [9.17, 15) is 0 Å². The molecule has 0 radical (unpaired) electrons. The molecule has 2 heteroatoms. The number of hydrogen-bond donors (Lipinski definition) is 1. The van der Waals surface area contributed by atoms with E-state index in [0.717, 1.165) is 24.1 Å². The second-order valence-electron chi connectivity index (χ2n) is 3.26. The summed E-state index contributed by atoms with van der Waals surface area (Å²) in [7, 11) is 0. The average Bonchev–Trinajstić information content (AvgIpc) is 2.21. The Labute approximate surface area is 79.6 Å². The van der Waals surface area contributed by atoms with Gasteiger partial charge in [-0.05, 0) is 24.5 Å². The van der Waals surface area contributed by atoms with E-state index in [1.807, 2.05) is 12.1 Å². The first kappa shape index (κ1) is 10.2. The Morgan fingerprint density at radius 3 is 2.38 bits per heavy atom. The van der Waals surface area contributed by atoms with Crippen LogP contribution < -0.4 is 0 Å². The molecular formula is C11H17NO. The molecule has 0 spiro atoms. The van der Waals surface area contributed by atoms with Crippen molar-refractivity contribution in [1.29, 1.82) is 0 Å². The quantitative estimate of drug-likeness (QED) is 0.770. The van der Waals surface area contributed by atoms with Gasteiger partial charge in [0.2, 0.25) is 0 Å². The Bertz CT molecular complexity index is 239. The molecule has 1 aromatic heterocycles. The highest BCUT2D eigenvalue weighted by Crippen LogP contribution is 2.20. The van der Waals surface area contributed by atoms with E-state index < -0.39 is 0 Å². The first-order valence-corrected chi connectivity index (χ1v) is 4.87. The van der Waals surface area contributed by atoms with Crippen LogP contribution >= 0.6 is 0 Å². The lowest BCUT2D eigenvalue weighted by Crippen LogP contribution is -1.99. The fourth-order valence-electron chi connectivity index (χ4n) is 1.48. The van der Waals surface area contributed by atoms with Gasteiger partial charge in [0.25, 0.3) is 0 Å². The van der Waals surface area contributed by atoms with Gasteiger partial charge in [-0.25, -0.2) is 0 Å². The van der Waals surface area contributed by atoms with Crippen LogP contribution in [0.5, 0.6) is 0 Å². The lowest BCUT2D eigenvalue weighted by molar-refractivity contribution is 0.281. The Morgan fingerprint density at radius 1 is 1.31 bits per heavy atom. The van der Waals surface area contributed by atoms with E-state index in [2.05, 4.69) is 18.8 Å². The zero-order valence-corrected chi connectivity index (χ0v) is 8.33. The molecule has 1 rings (SSSR count). The van der Waals surface area contributed by atoms with Crippen molar-refractivity contribution in [2.75, 3.05) is 0 Å². The smallest absolute Gasteiger partial charge is 0.0696 e. The second-order valence-corrected chi connectivity index (χ2v) is 3.26. The maximum absolute atomic E-state index is 8.84. The zero-order chi connectivity index (χ0) is 9.68. The lowest BCUT2D eigenvalue weighted by Gasteiger charge is -2.11. The molecule has 1 aromatic rings. The van der Waals surface area contributed by atoms with Crippen molar-refractivity contribution >= 4 is 0 Å². The van der Waals surface area contributed by atoms with Gasteiger partial charge in [0.15, 0.2) is 0 Å². The third kappa shape index (κ3) is 2.52. The van der Waals surface area contributed by atoms with Crippen LogP contribution in [0.2, 0.25) is 0 Å². The van der Waals surface area contributed by atoms with E-state index in [0.29, 0.717) is 5.92 Å². The highest BCUT2D eigenvalue weighted by molar-refractivity contribution is 5.16. The molecule has 13 heavy (non-hydrogen) atoms. The number of nitrogens with zero attached hydrogens (tertiary/aromatic N) is 1. The van der Waals surface area contributed by atoms with Crippen LogP contribution in [0.15, 0.2) is 18.3 Å². The van der Waals surface area contributed by atoms with E-state index in [4.69, 9.17) is 5.11 Å². The first-order chi connectivity index (χ1) is 6.31. The summed E-state index contributed by atoms with van der Waals surface area (Å²) in [5.41, 5.74) is 2.02. The summed E-state index contributed by atoms with van der Waals surface area (Å²) < 4.78 is 0. The van der Waals surface area contributed by atoms with Gasteiger partial charge in [0.1, 0.15) is 0 Å². The van der Waals surface area contributed by atoms with Crippen LogP contribution in [0, 0.1) is 0 Å². The summed E-state index contributed by atoms with van der Waals surface area (Å²) in [4.78, 5) is 4.33. The minimum absolute atomic E-state index is 0.0796. The molecular weight excluding hydrogens is 162 g/mol. The molecule has 0 saturated carbocycles. The Morgan fingerprint density at radius 2 is 2.00 bits per heavy atom. The Balaban J connectivity index is 2.78. The molecule has 0 bridgehead atoms. The van der Waals surface area contributed by atoms with E-state index in [1.54, 1.807) is 6.20 Å². The summed E-state index contributed by atoms with van der Waals surface area (Å²) in [5.74, 6) is 0.563. The third-order valence-electron chi connectivity index (χ3n) is 2.43. The minimum atomic E-state index is 0.0796. The maximum atomic E-state index is 8.84. The van der Waals surface area contributed by atoms with Crippen LogP contribution in [-0.2, 0) is 6.61 Å². The molecule has 1 heterocycles. The minimum Gasteiger partial charge on any atom is -0.392 e. The van der Waals surface area contributed by atoms with Crippen molar-refractivity contribution < 1.29 is 5.11 Å². The second kappa shape index (κ2) is 4.97. The Kier molecular flexibility index (Phi) is 3.90. The number of pyridine rings is 1. The molecule has 0 saturated heterocycles. The first-order valence-electron chi connectivity index (χ1n) is 4.87. The molecule has 0 aliphatic carbocycles. The molecule has 0 unspecified atom stereocenters. The van der Waals surface area contributed by atoms with Crippen LogP contribution in [0.3, 0.4) is 0 Å². The number of aromatic nitrogens is 1. The van der Waals surface area contributed by atoms with Crippen LogP contribution in [0.25, 0.3) is 0 Å². The number of rotatable bonds is 4. The van der Waals surface area contributed by atoms with Gasteiger partial charge in [0.05, 0.1) is 6.61 Å². The third-order valence-corrected chi connectivity index (χ3v) is 2.43. The van der Waals surface area contributed by atoms with Crippen molar-refractivity contribution in [3.8, 4) is 0 Å². The monoisotopic (exact) mass is 179 g/mol. The molecule has 0 atom stereocenters. The van der Waals surface area contributed by atoms with Gasteiger partial charge in [-0.1, -0.05) is 19.9 Å². The van der Waals surface area contributed by atoms with Gasteiger partial charge >= 0.3 is 0 Å². The van der Waals surface area contributed by atoms with Crippen molar-refractivity contribution in [2.45, 2.75) is 39.2 Å². The molecule has 72 valence electrons. The standard InChI is InChI=1S/C11H17NO/c1-3-10(4-2)11-6-5-9(8-13)7-12-11/h5-7,10,13H,3-4,8H2,1-2H3. The number of aliphatic hydroxyl groups excluding tert-OH is 1. The molecule has 0 amide bonds. The summed E-state index contributed by atoms with van der Waals surface area (Å²) in [5, 5.41) is 8.84. The molecule has 0 aromatic carbocycles. The summed E-state index contributed by atoms with van der Waals surface area (Å²) >= 11 is 0. The van der Waals surface area contributed by atoms with Crippen molar-refractivity contribution in [3.05, 3.63) is 29.6 Å². The predicted molar refractivity (Wildman–Crippen MR) is 53.5 cm³/mol. The summed E-state index contributed by atoms with van der Waals surface area (Å²) in [6, 6.07) is 3.96. The van der Waals surface area contributed by atoms with Gasteiger partial charge in [0, 0.05) is 17.8 Å². The van der Waals surface area contributed by atoms with Crippen molar-refractivity contribution in [2.24, 2.45) is 0 Å². The predicted octanol–water partition coefficient (Wildman–Crippen LogP) is 2.48. The molecule has 1 N–H and O–H groups in total. The maximum Gasteiger partial charge on any atom is 0.0696 e. The largest absolute Gasteiger partial charge is 0.392 e. The highest BCUT2D eigenvalue weighted by atomic mass is 16.3. The average molecular weight is 179 g/mol. The van der Waals surface area contributed by atoms with Gasteiger partial charge < -0.3 is 5.11 Å². The van der Waals surface area contributed by atoms with E-state index in [-0.39, 0.29) is 6.61 Å². The fourth-order valence-corrected chi connectivity index (χ4v) is 1.48. The number of hydrogen-bond acceptors (Lipinski definition) is 2. The van der Waals surface area contributed by atoms with Gasteiger partial charge in [-0.2, -0.15) is 0 Å². The van der Waals surface area contributed by atoms with Crippen LogP contribution in [-0.4, -0.2) is 10.1 Å². The summed E-state index contributed by atoms with van der Waals surface area (Å²) in [6.07, 6.45) is 4.01.